The predicted molar refractivity (Wildman–Crippen MR) is 89.3 cm³/mol. The second-order valence-corrected chi connectivity index (χ2v) is 6.62. The molecule has 0 aliphatic rings. The Balaban J connectivity index is 2.78. The summed E-state index contributed by atoms with van der Waals surface area (Å²) in [6.07, 6.45) is 1.25. The van der Waals surface area contributed by atoms with Gasteiger partial charge in [0, 0.05) is 18.6 Å². The van der Waals surface area contributed by atoms with Gasteiger partial charge < -0.3 is 10.2 Å². The minimum Gasteiger partial charge on any atom is -0.312 e. The zero-order valence-corrected chi connectivity index (χ0v) is 14.3. The normalized spacial score (nSPS) is 14.8. The van der Waals surface area contributed by atoms with Gasteiger partial charge in [-0.15, -0.1) is 0 Å². The Kier molecular flexibility index (Phi) is 6.70. The summed E-state index contributed by atoms with van der Waals surface area (Å²) in [5, 5.41) is 3.48. The maximum atomic E-state index is 3.48. The van der Waals surface area contributed by atoms with Gasteiger partial charge in [0.15, 0.2) is 0 Å². The van der Waals surface area contributed by atoms with E-state index >= 15 is 0 Å². The topological polar surface area (TPSA) is 15.3 Å². The van der Waals surface area contributed by atoms with Crippen LogP contribution in [-0.4, -0.2) is 31.6 Å². The van der Waals surface area contributed by atoms with E-state index in [2.05, 4.69) is 77.1 Å². The van der Waals surface area contributed by atoms with E-state index in [1.54, 1.807) is 0 Å². The summed E-state index contributed by atoms with van der Waals surface area (Å²) in [7, 11) is 4.30. The largest absolute Gasteiger partial charge is 0.312 e. The number of likely N-dealkylation sites (N-methyl/N-ethyl adjacent to an activating group) is 2. The molecule has 1 aromatic rings. The molecule has 0 amide bonds. The molecule has 0 spiro atoms. The molecule has 1 aromatic carbocycles. The molecule has 0 saturated carbocycles. The number of hydrogen-bond donors (Lipinski definition) is 1. The lowest BCUT2D eigenvalue weighted by atomic mass is 9.97. The zero-order valence-electron chi connectivity index (χ0n) is 14.3. The van der Waals surface area contributed by atoms with Crippen molar-refractivity contribution in [3.8, 4) is 0 Å². The van der Waals surface area contributed by atoms with Crippen molar-refractivity contribution in [3.05, 3.63) is 34.9 Å². The molecule has 2 heteroatoms. The Morgan fingerprint density at radius 2 is 1.80 bits per heavy atom. The molecule has 1 rings (SSSR count). The molecular formula is C18H32N2. The van der Waals surface area contributed by atoms with Gasteiger partial charge in [-0.3, -0.25) is 0 Å². The molecule has 20 heavy (non-hydrogen) atoms. The summed E-state index contributed by atoms with van der Waals surface area (Å²) in [6, 6.07) is 7.76. The highest BCUT2D eigenvalue weighted by Gasteiger charge is 2.18. The van der Waals surface area contributed by atoms with Crippen LogP contribution in [0.1, 0.15) is 49.9 Å². The second-order valence-electron chi connectivity index (χ2n) is 6.62. The van der Waals surface area contributed by atoms with Gasteiger partial charge in [0.25, 0.3) is 0 Å². The van der Waals surface area contributed by atoms with Crippen molar-refractivity contribution in [1.29, 1.82) is 0 Å². The molecular weight excluding hydrogens is 244 g/mol. The summed E-state index contributed by atoms with van der Waals surface area (Å²) in [6.45, 7) is 12.3. The Hall–Kier alpha value is -0.860. The fourth-order valence-corrected chi connectivity index (χ4v) is 2.81. The third-order valence-electron chi connectivity index (χ3n) is 4.19. The van der Waals surface area contributed by atoms with Crippen molar-refractivity contribution in [2.24, 2.45) is 5.92 Å². The van der Waals surface area contributed by atoms with Crippen LogP contribution in [0, 0.1) is 19.8 Å². The van der Waals surface area contributed by atoms with Crippen molar-refractivity contribution in [2.75, 3.05) is 20.6 Å². The summed E-state index contributed by atoms with van der Waals surface area (Å²) in [5.41, 5.74) is 4.14. The third-order valence-corrected chi connectivity index (χ3v) is 4.19. The van der Waals surface area contributed by atoms with Crippen LogP contribution < -0.4 is 5.32 Å². The average molecular weight is 276 g/mol. The standard InChI is InChI=1S/C18H32N2/c1-13(2)10-16(5)20(7)12-18(19-6)17-11-14(3)8-9-15(17)4/h8-9,11,13,16,18-19H,10,12H2,1-7H3. The first-order chi connectivity index (χ1) is 9.35. The number of aryl methyl sites for hydroxylation is 2. The summed E-state index contributed by atoms with van der Waals surface area (Å²) < 4.78 is 0. The van der Waals surface area contributed by atoms with Crippen molar-refractivity contribution >= 4 is 0 Å². The van der Waals surface area contributed by atoms with Crippen LogP contribution in [0.4, 0.5) is 0 Å². The first-order valence-electron chi connectivity index (χ1n) is 7.79. The van der Waals surface area contributed by atoms with Gasteiger partial charge in [0.05, 0.1) is 0 Å². The first kappa shape index (κ1) is 17.2. The van der Waals surface area contributed by atoms with Crippen molar-refractivity contribution in [3.63, 3.8) is 0 Å². The maximum Gasteiger partial charge on any atom is 0.0449 e. The Morgan fingerprint density at radius 1 is 1.15 bits per heavy atom. The van der Waals surface area contributed by atoms with Gasteiger partial charge in [0.2, 0.25) is 0 Å². The Morgan fingerprint density at radius 3 is 2.35 bits per heavy atom. The van der Waals surface area contributed by atoms with E-state index in [1.807, 2.05) is 0 Å². The van der Waals surface area contributed by atoms with Gasteiger partial charge in [-0.25, -0.2) is 0 Å². The molecule has 0 aromatic heterocycles. The lowest BCUT2D eigenvalue weighted by molar-refractivity contribution is 0.208. The lowest BCUT2D eigenvalue weighted by Crippen LogP contribution is -2.37. The van der Waals surface area contributed by atoms with Crippen LogP contribution >= 0.6 is 0 Å². The fourth-order valence-electron chi connectivity index (χ4n) is 2.81. The molecule has 2 unspecified atom stereocenters. The SMILES string of the molecule is CNC(CN(C)C(C)CC(C)C)c1cc(C)ccc1C. The average Bonchev–Trinajstić information content (AvgIpc) is 2.38. The van der Waals surface area contributed by atoms with E-state index in [-0.39, 0.29) is 0 Å². The molecule has 0 aliphatic heterocycles. The quantitative estimate of drug-likeness (QED) is 0.811. The summed E-state index contributed by atoms with van der Waals surface area (Å²) >= 11 is 0. The van der Waals surface area contributed by atoms with Crippen LogP contribution in [0.2, 0.25) is 0 Å². The molecule has 1 N–H and O–H groups in total. The maximum absolute atomic E-state index is 3.48. The molecule has 2 atom stereocenters. The molecule has 0 aliphatic carbocycles. The monoisotopic (exact) mass is 276 g/mol. The number of hydrogen-bond acceptors (Lipinski definition) is 2. The predicted octanol–water partition coefficient (Wildman–Crippen LogP) is 3.93. The van der Waals surface area contributed by atoms with E-state index < -0.39 is 0 Å². The first-order valence-corrected chi connectivity index (χ1v) is 7.79. The molecule has 0 bridgehead atoms. The van der Waals surface area contributed by atoms with E-state index in [4.69, 9.17) is 0 Å². The van der Waals surface area contributed by atoms with Crippen LogP contribution in [0.5, 0.6) is 0 Å². The van der Waals surface area contributed by atoms with Crippen LogP contribution in [-0.2, 0) is 0 Å². The molecule has 0 heterocycles. The second kappa shape index (κ2) is 7.80. The minimum absolute atomic E-state index is 0.398. The van der Waals surface area contributed by atoms with E-state index in [9.17, 15) is 0 Å². The van der Waals surface area contributed by atoms with Gasteiger partial charge >= 0.3 is 0 Å². The minimum atomic E-state index is 0.398. The van der Waals surface area contributed by atoms with Crippen molar-refractivity contribution in [1.82, 2.24) is 10.2 Å². The van der Waals surface area contributed by atoms with Crippen LogP contribution in [0.25, 0.3) is 0 Å². The highest BCUT2D eigenvalue weighted by atomic mass is 15.1. The smallest absolute Gasteiger partial charge is 0.0449 e. The number of benzene rings is 1. The molecule has 0 radical (unpaired) electrons. The van der Waals surface area contributed by atoms with Gasteiger partial charge in [-0.05, 0) is 58.3 Å². The van der Waals surface area contributed by atoms with Crippen LogP contribution in [0.15, 0.2) is 18.2 Å². The Bertz CT molecular complexity index is 412. The summed E-state index contributed by atoms with van der Waals surface area (Å²) in [4.78, 5) is 2.48. The molecule has 2 nitrogen and oxygen atoms in total. The molecule has 114 valence electrons. The molecule has 0 fully saturated rings. The van der Waals surface area contributed by atoms with E-state index in [0.29, 0.717) is 12.1 Å². The van der Waals surface area contributed by atoms with Gasteiger partial charge in [0.1, 0.15) is 0 Å². The highest BCUT2D eigenvalue weighted by Crippen LogP contribution is 2.21. The zero-order chi connectivity index (χ0) is 15.3. The van der Waals surface area contributed by atoms with Crippen molar-refractivity contribution in [2.45, 2.75) is 53.1 Å². The van der Waals surface area contributed by atoms with Gasteiger partial charge in [-0.2, -0.15) is 0 Å². The number of rotatable bonds is 7. The van der Waals surface area contributed by atoms with Crippen LogP contribution in [0.3, 0.4) is 0 Å². The van der Waals surface area contributed by atoms with Gasteiger partial charge in [-0.1, -0.05) is 37.6 Å². The van der Waals surface area contributed by atoms with E-state index in [1.165, 1.54) is 23.1 Å². The van der Waals surface area contributed by atoms with Crippen molar-refractivity contribution < 1.29 is 0 Å². The highest BCUT2D eigenvalue weighted by molar-refractivity contribution is 5.33. The Labute approximate surface area is 125 Å². The number of nitrogens with one attached hydrogen (secondary N) is 1. The fraction of sp³-hybridized carbons (Fsp3) is 0.667. The molecule has 0 saturated heterocycles. The number of nitrogens with zero attached hydrogens (tertiary/aromatic N) is 1. The summed E-state index contributed by atoms with van der Waals surface area (Å²) in [5.74, 6) is 0.751. The third kappa shape index (κ3) is 4.92. The van der Waals surface area contributed by atoms with E-state index in [0.717, 1.165) is 12.5 Å². The lowest BCUT2D eigenvalue weighted by Gasteiger charge is -2.31.